The van der Waals surface area contributed by atoms with Gasteiger partial charge in [-0.3, -0.25) is 11.3 Å². The van der Waals surface area contributed by atoms with Gasteiger partial charge >= 0.3 is 0 Å². The van der Waals surface area contributed by atoms with Crippen LogP contribution in [0.4, 0.5) is 0 Å². The Bertz CT molecular complexity index is 528. The van der Waals surface area contributed by atoms with E-state index in [0.717, 1.165) is 6.42 Å². The van der Waals surface area contributed by atoms with Crippen LogP contribution >= 0.6 is 0 Å². The highest BCUT2D eigenvalue weighted by molar-refractivity contribution is 5.34. The lowest BCUT2D eigenvalue weighted by Crippen LogP contribution is -2.32. The average molecular weight is 268 g/mol. The minimum absolute atomic E-state index is 0.140. The molecule has 3 N–H and O–H groups in total. The lowest BCUT2D eigenvalue weighted by molar-refractivity contribution is 0.445. The fraction of sp³-hybridized carbons (Fsp3) is 0.333. The van der Waals surface area contributed by atoms with Gasteiger partial charge < -0.3 is 0 Å². The molecule has 2 heteroatoms. The summed E-state index contributed by atoms with van der Waals surface area (Å²) < 4.78 is 0. The Hall–Kier alpha value is -1.64. The molecule has 0 heterocycles. The van der Waals surface area contributed by atoms with Crippen LogP contribution in [-0.2, 0) is 0 Å². The smallest absolute Gasteiger partial charge is 0.0528 e. The lowest BCUT2D eigenvalue weighted by atomic mass is 9.84. The van der Waals surface area contributed by atoms with Crippen LogP contribution < -0.4 is 11.3 Å². The third-order valence-corrected chi connectivity index (χ3v) is 3.85. The van der Waals surface area contributed by atoms with Gasteiger partial charge in [-0.05, 0) is 31.4 Å². The molecule has 0 radical (unpaired) electrons. The van der Waals surface area contributed by atoms with Gasteiger partial charge in [0, 0.05) is 5.92 Å². The van der Waals surface area contributed by atoms with E-state index in [1.54, 1.807) is 0 Å². The maximum Gasteiger partial charge on any atom is 0.0528 e. The maximum atomic E-state index is 5.87. The van der Waals surface area contributed by atoms with E-state index in [0.29, 0.717) is 5.92 Å². The van der Waals surface area contributed by atoms with E-state index in [9.17, 15) is 0 Å². The molecule has 0 saturated carbocycles. The van der Waals surface area contributed by atoms with Gasteiger partial charge in [0.05, 0.1) is 6.04 Å². The van der Waals surface area contributed by atoms with Gasteiger partial charge in [-0.2, -0.15) is 0 Å². The summed E-state index contributed by atoms with van der Waals surface area (Å²) in [4.78, 5) is 0. The largest absolute Gasteiger partial charge is 0.271 e. The van der Waals surface area contributed by atoms with Gasteiger partial charge in [-0.15, -0.1) is 0 Å². The molecule has 2 unspecified atom stereocenters. The Balaban J connectivity index is 2.39. The highest BCUT2D eigenvalue weighted by Crippen LogP contribution is 2.33. The van der Waals surface area contributed by atoms with E-state index in [4.69, 9.17) is 5.84 Å². The van der Waals surface area contributed by atoms with E-state index in [-0.39, 0.29) is 6.04 Å². The van der Waals surface area contributed by atoms with E-state index in [2.05, 4.69) is 74.7 Å². The topological polar surface area (TPSA) is 38.0 Å². The summed E-state index contributed by atoms with van der Waals surface area (Å²) in [7, 11) is 0. The Morgan fingerprint density at radius 2 is 1.55 bits per heavy atom. The Labute approximate surface area is 122 Å². The molecular formula is C18H24N2. The summed E-state index contributed by atoms with van der Waals surface area (Å²) in [5, 5.41) is 0. The van der Waals surface area contributed by atoms with Crippen molar-refractivity contribution in [2.75, 3.05) is 0 Å². The van der Waals surface area contributed by atoms with Crippen LogP contribution in [0.5, 0.6) is 0 Å². The van der Waals surface area contributed by atoms with Crippen molar-refractivity contribution in [2.24, 2.45) is 5.84 Å². The molecule has 2 atom stereocenters. The fourth-order valence-electron chi connectivity index (χ4n) is 3.00. The molecule has 2 aromatic carbocycles. The third-order valence-electron chi connectivity index (χ3n) is 3.85. The first-order valence-corrected chi connectivity index (χ1v) is 7.25. The van der Waals surface area contributed by atoms with Crippen molar-refractivity contribution in [3.63, 3.8) is 0 Å². The molecule has 2 rings (SSSR count). The van der Waals surface area contributed by atoms with Gasteiger partial charge in [0.15, 0.2) is 0 Å². The normalized spacial score (nSPS) is 14.0. The van der Waals surface area contributed by atoms with Crippen LogP contribution in [0.3, 0.4) is 0 Å². The van der Waals surface area contributed by atoms with Crippen molar-refractivity contribution >= 4 is 0 Å². The third kappa shape index (κ3) is 3.27. The second-order valence-corrected chi connectivity index (χ2v) is 5.49. The van der Waals surface area contributed by atoms with Crippen molar-refractivity contribution in [3.05, 3.63) is 70.8 Å². The number of aryl methyl sites for hydroxylation is 2. The summed E-state index contributed by atoms with van der Waals surface area (Å²) in [5.74, 6) is 6.25. The molecule has 0 bridgehead atoms. The van der Waals surface area contributed by atoms with E-state index >= 15 is 0 Å². The van der Waals surface area contributed by atoms with Crippen molar-refractivity contribution in [2.45, 2.75) is 39.2 Å². The number of hydrogen-bond donors (Lipinski definition) is 2. The van der Waals surface area contributed by atoms with Crippen LogP contribution in [0.15, 0.2) is 48.5 Å². The molecule has 0 aliphatic heterocycles. The van der Waals surface area contributed by atoms with Crippen LogP contribution in [0.2, 0.25) is 0 Å². The standard InChI is InChI=1S/C18H24N2/c1-4-17(15-8-6-5-7-9-15)18(20-19)16-11-13(2)10-14(3)12-16/h5-12,17-18,20H,4,19H2,1-3H3. The molecule has 0 saturated heterocycles. The number of rotatable bonds is 5. The summed E-state index contributed by atoms with van der Waals surface area (Å²) in [5.41, 5.74) is 8.18. The number of hydrazine groups is 1. The van der Waals surface area contributed by atoms with Crippen molar-refractivity contribution in [3.8, 4) is 0 Å². The van der Waals surface area contributed by atoms with Gasteiger partial charge in [0.2, 0.25) is 0 Å². The predicted octanol–water partition coefficient (Wildman–Crippen LogP) is 4.00. The van der Waals surface area contributed by atoms with Crippen molar-refractivity contribution in [1.29, 1.82) is 0 Å². The van der Waals surface area contributed by atoms with E-state index < -0.39 is 0 Å². The summed E-state index contributed by atoms with van der Waals surface area (Å²) in [6, 6.07) is 17.4. The predicted molar refractivity (Wildman–Crippen MR) is 85.5 cm³/mol. The molecule has 2 aromatic rings. The number of nitrogens with two attached hydrogens (primary N) is 1. The van der Waals surface area contributed by atoms with Crippen LogP contribution in [0.1, 0.15) is 47.6 Å². The molecule has 0 amide bonds. The van der Waals surface area contributed by atoms with Gasteiger partial charge in [0.1, 0.15) is 0 Å². The van der Waals surface area contributed by atoms with Crippen LogP contribution in [0.25, 0.3) is 0 Å². The molecule has 20 heavy (non-hydrogen) atoms. The van der Waals surface area contributed by atoms with E-state index in [1.807, 2.05) is 0 Å². The van der Waals surface area contributed by atoms with Crippen molar-refractivity contribution < 1.29 is 0 Å². The molecule has 0 fully saturated rings. The Morgan fingerprint density at radius 3 is 2.05 bits per heavy atom. The average Bonchev–Trinajstić information content (AvgIpc) is 2.44. The zero-order valence-corrected chi connectivity index (χ0v) is 12.6. The summed E-state index contributed by atoms with van der Waals surface area (Å²) >= 11 is 0. The molecule has 0 spiro atoms. The zero-order valence-electron chi connectivity index (χ0n) is 12.6. The Morgan fingerprint density at radius 1 is 0.950 bits per heavy atom. The first-order chi connectivity index (χ1) is 9.65. The lowest BCUT2D eigenvalue weighted by Gasteiger charge is -2.27. The highest BCUT2D eigenvalue weighted by atomic mass is 15.2. The maximum absolute atomic E-state index is 5.87. The van der Waals surface area contributed by atoms with Gasteiger partial charge in [-0.25, -0.2) is 0 Å². The number of benzene rings is 2. The SMILES string of the molecule is CCC(c1ccccc1)C(NN)c1cc(C)cc(C)c1. The van der Waals surface area contributed by atoms with Gasteiger partial charge in [0.25, 0.3) is 0 Å². The first-order valence-electron chi connectivity index (χ1n) is 7.25. The number of nitrogens with one attached hydrogen (secondary N) is 1. The minimum Gasteiger partial charge on any atom is -0.271 e. The minimum atomic E-state index is 0.140. The van der Waals surface area contributed by atoms with Crippen LogP contribution in [0, 0.1) is 13.8 Å². The quantitative estimate of drug-likeness (QED) is 0.635. The second-order valence-electron chi connectivity index (χ2n) is 5.49. The zero-order chi connectivity index (χ0) is 14.5. The van der Waals surface area contributed by atoms with Crippen LogP contribution in [-0.4, -0.2) is 0 Å². The molecule has 106 valence electrons. The molecule has 0 aliphatic rings. The fourth-order valence-corrected chi connectivity index (χ4v) is 3.00. The molecule has 0 aliphatic carbocycles. The molecule has 2 nitrogen and oxygen atoms in total. The second kappa shape index (κ2) is 6.69. The first kappa shape index (κ1) is 14.8. The molecule has 0 aromatic heterocycles. The van der Waals surface area contributed by atoms with Gasteiger partial charge in [-0.1, -0.05) is 66.6 Å². The summed E-state index contributed by atoms with van der Waals surface area (Å²) in [6.45, 7) is 6.48. The Kier molecular flexibility index (Phi) is 4.94. The number of hydrogen-bond acceptors (Lipinski definition) is 2. The molecular weight excluding hydrogens is 244 g/mol. The van der Waals surface area contributed by atoms with Crippen molar-refractivity contribution in [1.82, 2.24) is 5.43 Å². The summed E-state index contributed by atoms with van der Waals surface area (Å²) in [6.07, 6.45) is 1.05. The highest BCUT2D eigenvalue weighted by Gasteiger charge is 2.22. The monoisotopic (exact) mass is 268 g/mol. The van der Waals surface area contributed by atoms with E-state index in [1.165, 1.54) is 22.3 Å².